The van der Waals surface area contributed by atoms with E-state index in [-0.39, 0.29) is 12.4 Å². The summed E-state index contributed by atoms with van der Waals surface area (Å²) in [5.74, 6) is 0.994. The molecule has 2 aromatic carbocycles. The van der Waals surface area contributed by atoms with Crippen LogP contribution in [-0.4, -0.2) is 14.2 Å². The molecule has 0 aliphatic carbocycles. The molecule has 0 fully saturated rings. The average molecular weight is 340 g/mol. The van der Waals surface area contributed by atoms with Gasteiger partial charge in [-0.05, 0) is 51.3 Å². The molecule has 0 spiro atoms. The Kier molecular flexibility index (Phi) is 4.62. The van der Waals surface area contributed by atoms with Crippen molar-refractivity contribution in [3.63, 3.8) is 0 Å². The van der Waals surface area contributed by atoms with E-state index >= 15 is 0 Å². The third kappa shape index (κ3) is 2.64. The lowest BCUT2D eigenvalue weighted by Gasteiger charge is -2.15. The van der Waals surface area contributed by atoms with E-state index in [0.717, 1.165) is 16.7 Å². The highest BCUT2D eigenvalue weighted by atomic mass is 79.9. The largest absolute Gasteiger partial charge is 0.495 e. The van der Waals surface area contributed by atoms with Crippen LogP contribution in [0.15, 0.2) is 34.8 Å². The molecule has 0 amide bonds. The van der Waals surface area contributed by atoms with Crippen molar-refractivity contribution < 1.29 is 13.9 Å². The quantitative estimate of drug-likeness (QED) is 0.922. The molecule has 2 aromatic rings. The van der Waals surface area contributed by atoms with Crippen molar-refractivity contribution in [1.82, 2.24) is 0 Å². The maximum atomic E-state index is 13.3. The molecular weight excluding hydrogens is 325 g/mol. The Balaban J connectivity index is 2.67. The molecule has 0 aliphatic heterocycles. The Morgan fingerprint density at radius 2 is 1.80 bits per heavy atom. The molecule has 0 atom stereocenters. The lowest BCUT2D eigenvalue weighted by atomic mass is 9.98. The van der Waals surface area contributed by atoms with Crippen LogP contribution in [0.25, 0.3) is 11.1 Å². The SMILES string of the molecule is COc1ccc(-c2ccc(F)cc2CN)c(OC)c1Br. The molecule has 0 bridgehead atoms. The van der Waals surface area contributed by atoms with Gasteiger partial charge in [-0.2, -0.15) is 0 Å². The molecule has 106 valence electrons. The zero-order chi connectivity index (χ0) is 14.7. The van der Waals surface area contributed by atoms with Crippen molar-refractivity contribution in [1.29, 1.82) is 0 Å². The lowest BCUT2D eigenvalue weighted by molar-refractivity contribution is 0.390. The van der Waals surface area contributed by atoms with Gasteiger partial charge in [-0.25, -0.2) is 4.39 Å². The predicted molar refractivity (Wildman–Crippen MR) is 80.5 cm³/mol. The summed E-state index contributed by atoms with van der Waals surface area (Å²) in [7, 11) is 3.16. The van der Waals surface area contributed by atoms with Crippen molar-refractivity contribution in [3.8, 4) is 22.6 Å². The Hall–Kier alpha value is -1.59. The third-order valence-electron chi connectivity index (χ3n) is 3.06. The van der Waals surface area contributed by atoms with Crippen molar-refractivity contribution in [2.75, 3.05) is 14.2 Å². The van der Waals surface area contributed by atoms with E-state index < -0.39 is 0 Å². The Labute approximate surface area is 125 Å². The normalized spacial score (nSPS) is 10.4. The standard InChI is InChI=1S/C15H15BrFNO2/c1-19-13-6-5-12(15(20-2)14(13)16)11-4-3-10(17)7-9(11)8-18/h3-7H,8,18H2,1-2H3. The summed E-state index contributed by atoms with van der Waals surface area (Å²) < 4.78 is 24.7. The van der Waals surface area contributed by atoms with Gasteiger partial charge in [-0.3, -0.25) is 0 Å². The highest BCUT2D eigenvalue weighted by molar-refractivity contribution is 9.10. The molecule has 0 heterocycles. The fourth-order valence-corrected chi connectivity index (χ4v) is 2.77. The number of hydrogen-bond acceptors (Lipinski definition) is 3. The zero-order valence-electron chi connectivity index (χ0n) is 11.2. The first-order valence-electron chi connectivity index (χ1n) is 6.01. The summed E-state index contributed by atoms with van der Waals surface area (Å²) in [6, 6.07) is 8.24. The Morgan fingerprint density at radius 3 is 2.40 bits per heavy atom. The van der Waals surface area contributed by atoms with Crippen LogP contribution in [0.3, 0.4) is 0 Å². The Bertz CT molecular complexity index is 632. The van der Waals surface area contributed by atoms with Crippen LogP contribution < -0.4 is 15.2 Å². The minimum absolute atomic E-state index is 0.250. The first kappa shape index (κ1) is 14.8. The second kappa shape index (κ2) is 6.24. The minimum Gasteiger partial charge on any atom is -0.495 e. The molecule has 0 aliphatic rings. The average Bonchev–Trinajstić information content (AvgIpc) is 2.46. The summed E-state index contributed by atoms with van der Waals surface area (Å²) in [5, 5.41) is 0. The molecule has 3 nitrogen and oxygen atoms in total. The summed E-state index contributed by atoms with van der Waals surface area (Å²) in [6.07, 6.45) is 0. The molecule has 0 saturated heterocycles. The van der Waals surface area contributed by atoms with Crippen LogP contribution in [0, 0.1) is 5.82 Å². The summed E-state index contributed by atoms with van der Waals surface area (Å²) in [6.45, 7) is 0.250. The van der Waals surface area contributed by atoms with E-state index in [9.17, 15) is 4.39 Å². The van der Waals surface area contributed by atoms with Crippen molar-refractivity contribution in [2.24, 2.45) is 5.73 Å². The first-order chi connectivity index (χ1) is 9.62. The van der Waals surface area contributed by atoms with Gasteiger partial charge in [-0.15, -0.1) is 0 Å². The van der Waals surface area contributed by atoms with Crippen LogP contribution in [0.2, 0.25) is 0 Å². The molecule has 2 rings (SSSR count). The fourth-order valence-electron chi connectivity index (χ4n) is 2.10. The topological polar surface area (TPSA) is 44.5 Å². The first-order valence-corrected chi connectivity index (χ1v) is 6.81. The molecule has 20 heavy (non-hydrogen) atoms. The van der Waals surface area contributed by atoms with Crippen molar-refractivity contribution in [3.05, 3.63) is 46.2 Å². The smallest absolute Gasteiger partial charge is 0.144 e. The van der Waals surface area contributed by atoms with Gasteiger partial charge >= 0.3 is 0 Å². The van der Waals surface area contributed by atoms with Crippen LogP contribution in [0.1, 0.15) is 5.56 Å². The fraction of sp³-hybridized carbons (Fsp3) is 0.200. The number of halogens is 2. The summed E-state index contributed by atoms with van der Waals surface area (Å²) in [5.41, 5.74) is 8.10. The number of nitrogens with two attached hydrogens (primary N) is 1. The van der Waals surface area contributed by atoms with Gasteiger partial charge in [0.25, 0.3) is 0 Å². The van der Waals surface area contributed by atoms with Gasteiger partial charge in [0.15, 0.2) is 0 Å². The number of benzene rings is 2. The van der Waals surface area contributed by atoms with Gasteiger partial charge in [0.05, 0.1) is 14.2 Å². The van der Waals surface area contributed by atoms with Crippen molar-refractivity contribution in [2.45, 2.75) is 6.54 Å². The van der Waals surface area contributed by atoms with Gasteiger partial charge < -0.3 is 15.2 Å². The van der Waals surface area contributed by atoms with Gasteiger partial charge in [0.2, 0.25) is 0 Å². The highest BCUT2D eigenvalue weighted by Gasteiger charge is 2.16. The highest BCUT2D eigenvalue weighted by Crippen LogP contribution is 2.42. The lowest BCUT2D eigenvalue weighted by Crippen LogP contribution is -2.01. The molecule has 0 saturated carbocycles. The zero-order valence-corrected chi connectivity index (χ0v) is 12.8. The minimum atomic E-state index is -0.305. The second-order valence-electron chi connectivity index (χ2n) is 4.17. The van der Waals surface area contributed by atoms with E-state index in [2.05, 4.69) is 15.9 Å². The van der Waals surface area contributed by atoms with Gasteiger partial charge in [0.1, 0.15) is 21.8 Å². The number of ether oxygens (including phenoxy) is 2. The van der Waals surface area contributed by atoms with E-state index in [0.29, 0.717) is 16.0 Å². The summed E-state index contributed by atoms with van der Waals surface area (Å²) >= 11 is 3.46. The van der Waals surface area contributed by atoms with E-state index in [4.69, 9.17) is 15.2 Å². The van der Waals surface area contributed by atoms with E-state index in [1.165, 1.54) is 12.1 Å². The van der Waals surface area contributed by atoms with Crippen LogP contribution >= 0.6 is 15.9 Å². The molecule has 0 unspecified atom stereocenters. The summed E-state index contributed by atoms with van der Waals surface area (Å²) in [4.78, 5) is 0. The molecule has 5 heteroatoms. The monoisotopic (exact) mass is 339 g/mol. The molecular formula is C15H15BrFNO2. The predicted octanol–water partition coefficient (Wildman–Crippen LogP) is 3.73. The third-order valence-corrected chi connectivity index (χ3v) is 3.81. The Morgan fingerprint density at radius 1 is 1.10 bits per heavy atom. The van der Waals surface area contributed by atoms with Crippen LogP contribution in [0.5, 0.6) is 11.5 Å². The van der Waals surface area contributed by atoms with Gasteiger partial charge in [-0.1, -0.05) is 6.07 Å². The number of methoxy groups -OCH3 is 2. The maximum absolute atomic E-state index is 13.3. The number of hydrogen-bond donors (Lipinski definition) is 1. The van der Waals surface area contributed by atoms with Gasteiger partial charge in [0, 0.05) is 12.1 Å². The van der Waals surface area contributed by atoms with Crippen LogP contribution in [0.4, 0.5) is 4.39 Å². The molecule has 0 radical (unpaired) electrons. The molecule has 2 N–H and O–H groups in total. The van der Waals surface area contributed by atoms with Crippen molar-refractivity contribution >= 4 is 15.9 Å². The number of rotatable bonds is 4. The second-order valence-corrected chi connectivity index (χ2v) is 4.96. The maximum Gasteiger partial charge on any atom is 0.144 e. The van der Waals surface area contributed by atoms with E-state index in [1.54, 1.807) is 20.3 Å². The molecule has 0 aromatic heterocycles. The van der Waals surface area contributed by atoms with E-state index in [1.807, 2.05) is 12.1 Å². The van der Waals surface area contributed by atoms with Crippen LogP contribution in [-0.2, 0) is 6.54 Å².